The first-order valence-corrected chi connectivity index (χ1v) is 9.00. The molecule has 0 amide bonds. The Balaban J connectivity index is 3.66. The maximum absolute atomic E-state index is 10.4. The first-order valence-electron chi connectivity index (χ1n) is 9.00. The van der Waals surface area contributed by atoms with Gasteiger partial charge in [-0.05, 0) is 38.5 Å². The molecule has 1 atom stereocenters. The third kappa shape index (κ3) is 19.8. The molecule has 0 aliphatic rings. The number of hydrogen-bond donors (Lipinski definition) is 2. The van der Waals surface area contributed by atoms with Crippen molar-refractivity contribution in [3.05, 3.63) is 72.9 Å². The Hall–Kier alpha value is -2.13. The second kappa shape index (κ2) is 18.2. The van der Waals surface area contributed by atoms with Gasteiger partial charge in [0.05, 0.1) is 6.10 Å². The van der Waals surface area contributed by atoms with E-state index in [9.17, 15) is 9.90 Å². The van der Waals surface area contributed by atoms with Gasteiger partial charge in [0.2, 0.25) is 0 Å². The van der Waals surface area contributed by atoms with Crippen molar-refractivity contribution in [2.45, 2.75) is 58.0 Å². The van der Waals surface area contributed by atoms with E-state index >= 15 is 0 Å². The van der Waals surface area contributed by atoms with E-state index < -0.39 is 12.1 Å². The fourth-order valence-electron chi connectivity index (χ4n) is 1.87. The second-order valence-corrected chi connectivity index (χ2v) is 5.55. The lowest BCUT2D eigenvalue weighted by Crippen LogP contribution is -2.05. The minimum Gasteiger partial charge on any atom is -0.481 e. The fraction of sp³-hybridized carbons (Fsp3) is 0.409. The molecule has 0 saturated carbocycles. The van der Waals surface area contributed by atoms with E-state index in [0.717, 1.165) is 32.1 Å². The van der Waals surface area contributed by atoms with Gasteiger partial charge in [-0.15, -0.1) is 0 Å². The molecule has 0 fully saturated rings. The zero-order chi connectivity index (χ0) is 18.6. The molecule has 25 heavy (non-hydrogen) atoms. The fourth-order valence-corrected chi connectivity index (χ4v) is 1.87. The average Bonchev–Trinajstić information content (AvgIpc) is 2.59. The zero-order valence-electron chi connectivity index (χ0n) is 15.3. The lowest BCUT2D eigenvalue weighted by molar-refractivity contribution is -0.137. The molecule has 2 N–H and O–H groups in total. The van der Waals surface area contributed by atoms with Gasteiger partial charge in [0, 0.05) is 6.42 Å². The van der Waals surface area contributed by atoms with Crippen molar-refractivity contribution in [2.24, 2.45) is 0 Å². The topological polar surface area (TPSA) is 57.5 Å². The van der Waals surface area contributed by atoms with E-state index in [2.05, 4.69) is 55.5 Å². The van der Waals surface area contributed by atoms with Crippen LogP contribution in [0.4, 0.5) is 0 Å². The highest BCUT2D eigenvalue weighted by Gasteiger charge is 2.02. The van der Waals surface area contributed by atoms with Crippen molar-refractivity contribution in [2.75, 3.05) is 0 Å². The molecule has 1 unspecified atom stereocenters. The van der Waals surface area contributed by atoms with Crippen LogP contribution < -0.4 is 0 Å². The van der Waals surface area contributed by atoms with Gasteiger partial charge in [0.25, 0.3) is 0 Å². The summed E-state index contributed by atoms with van der Waals surface area (Å²) in [6, 6.07) is 0. The van der Waals surface area contributed by atoms with Crippen molar-refractivity contribution in [3.63, 3.8) is 0 Å². The molecular formula is C22H32O3. The molecule has 0 spiro atoms. The highest BCUT2D eigenvalue weighted by molar-refractivity contribution is 5.66. The molecule has 0 aromatic heterocycles. The van der Waals surface area contributed by atoms with Gasteiger partial charge in [-0.25, -0.2) is 0 Å². The molecule has 0 aromatic rings. The minimum absolute atomic E-state index is 0.0167. The van der Waals surface area contributed by atoms with Crippen LogP contribution in [0.15, 0.2) is 72.9 Å². The average molecular weight is 344 g/mol. The van der Waals surface area contributed by atoms with Gasteiger partial charge in [0.1, 0.15) is 0 Å². The van der Waals surface area contributed by atoms with E-state index in [1.54, 1.807) is 12.2 Å². The van der Waals surface area contributed by atoms with Crippen LogP contribution in [-0.2, 0) is 4.79 Å². The van der Waals surface area contributed by atoms with Crippen LogP contribution in [-0.4, -0.2) is 22.3 Å². The number of hydrogen-bond acceptors (Lipinski definition) is 2. The summed E-state index contributed by atoms with van der Waals surface area (Å²) < 4.78 is 0. The van der Waals surface area contributed by atoms with Crippen molar-refractivity contribution < 1.29 is 15.0 Å². The summed E-state index contributed by atoms with van der Waals surface area (Å²) in [5.41, 5.74) is 0. The van der Waals surface area contributed by atoms with Crippen molar-refractivity contribution in [3.8, 4) is 0 Å². The lowest BCUT2D eigenvalue weighted by Gasteiger charge is -2.00. The summed E-state index contributed by atoms with van der Waals surface area (Å²) in [6.45, 7) is 2.14. The van der Waals surface area contributed by atoms with E-state index in [1.807, 2.05) is 12.2 Å². The first kappa shape index (κ1) is 22.9. The van der Waals surface area contributed by atoms with Gasteiger partial charge in [0.15, 0.2) is 0 Å². The highest BCUT2D eigenvalue weighted by Crippen LogP contribution is 1.99. The lowest BCUT2D eigenvalue weighted by atomic mass is 10.2. The number of aliphatic carboxylic acids is 1. The van der Waals surface area contributed by atoms with Crippen LogP contribution >= 0.6 is 0 Å². The molecule has 0 aliphatic heterocycles. The van der Waals surface area contributed by atoms with Gasteiger partial charge >= 0.3 is 5.97 Å². The van der Waals surface area contributed by atoms with Crippen LogP contribution in [0, 0.1) is 0 Å². The number of aliphatic hydroxyl groups is 1. The molecule has 0 rings (SSSR count). The highest BCUT2D eigenvalue weighted by atomic mass is 16.4. The van der Waals surface area contributed by atoms with Crippen LogP contribution in [0.2, 0.25) is 0 Å². The largest absolute Gasteiger partial charge is 0.481 e. The number of carboxylic acids is 1. The molecule has 0 saturated heterocycles. The normalized spacial score (nSPS) is 14.3. The number of rotatable bonds is 14. The third-order valence-corrected chi connectivity index (χ3v) is 3.23. The van der Waals surface area contributed by atoms with Crippen molar-refractivity contribution >= 4 is 5.97 Å². The standard InChI is InChI=1S/C22H32O3/c1-2-3-4-5-6-7-8-9-10-11-12-13-14-15-16-17-18-21(23)19-20-22(24)25/h3-4,6-7,9-10,12-13,15-18,21,23H,2,5,8,11,14,19-20H2,1H3,(H,24,25)/b4-3+,7-6+,10-9+,13-12+,16-15+,18-17+. The van der Waals surface area contributed by atoms with Gasteiger partial charge in [-0.1, -0.05) is 79.8 Å². The number of allylic oxidation sites excluding steroid dienone is 11. The van der Waals surface area contributed by atoms with Crippen molar-refractivity contribution in [1.82, 2.24) is 0 Å². The number of carbonyl (C=O) groups is 1. The minimum atomic E-state index is -0.887. The van der Waals surface area contributed by atoms with Crippen molar-refractivity contribution in [1.29, 1.82) is 0 Å². The predicted molar refractivity (Wildman–Crippen MR) is 106 cm³/mol. The third-order valence-electron chi connectivity index (χ3n) is 3.23. The molecular weight excluding hydrogens is 312 g/mol. The summed E-state index contributed by atoms with van der Waals surface area (Å²) in [6.07, 6.45) is 28.9. The van der Waals surface area contributed by atoms with E-state index in [1.165, 1.54) is 0 Å². The summed E-state index contributed by atoms with van der Waals surface area (Å²) in [7, 11) is 0. The predicted octanol–water partition coefficient (Wildman–Crippen LogP) is 5.52. The second-order valence-electron chi connectivity index (χ2n) is 5.55. The SMILES string of the molecule is CC/C=C/C/C=C/C/C=C/C/C=C/C/C=C/C=C/C(O)CCC(=O)O. The van der Waals surface area contributed by atoms with E-state index in [0.29, 0.717) is 0 Å². The first-order chi connectivity index (χ1) is 12.2. The van der Waals surface area contributed by atoms with Crippen LogP contribution in [0.5, 0.6) is 0 Å². The smallest absolute Gasteiger partial charge is 0.303 e. The quantitative estimate of drug-likeness (QED) is 0.322. The Bertz CT molecular complexity index is 493. The van der Waals surface area contributed by atoms with Gasteiger partial charge in [-0.2, -0.15) is 0 Å². The Morgan fingerprint density at radius 3 is 1.76 bits per heavy atom. The maximum Gasteiger partial charge on any atom is 0.303 e. The molecule has 0 aliphatic carbocycles. The molecule has 0 heterocycles. The molecule has 0 aromatic carbocycles. The molecule has 0 bridgehead atoms. The molecule has 0 radical (unpaired) electrons. The van der Waals surface area contributed by atoms with E-state index in [4.69, 9.17) is 5.11 Å². The van der Waals surface area contributed by atoms with Crippen LogP contribution in [0.25, 0.3) is 0 Å². The number of carboxylic acid groups (broad SMARTS) is 1. The molecule has 3 heteroatoms. The van der Waals surface area contributed by atoms with Gasteiger partial charge < -0.3 is 10.2 Å². The Morgan fingerprint density at radius 1 is 0.800 bits per heavy atom. The van der Waals surface area contributed by atoms with E-state index in [-0.39, 0.29) is 12.8 Å². The Labute approximate surface area is 152 Å². The Morgan fingerprint density at radius 2 is 1.28 bits per heavy atom. The molecule has 3 nitrogen and oxygen atoms in total. The maximum atomic E-state index is 10.4. The Kier molecular flexibility index (Phi) is 16.7. The summed E-state index contributed by atoms with van der Waals surface area (Å²) in [5.74, 6) is -0.887. The summed E-state index contributed by atoms with van der Waals surface area (Å²) in [4.78, 5) is 10.4. The van der Waals surface area contributed by atoms with Crippen LogP contribution in [0.1, 0.15) is 51.9 Å². The monoisotopic (exact) mass is 344 g/mol. The van der Waals surface area contributed by atoms with Gasteiger partial charge in [-0.3, -0.25) is 4.79 Å². The summed E-state index contributed by atoms with van der Waals surface area (Å²) in [5, 5.41) is 18.0. The summed E-state index contributed by atoms with van der Waals surface area (Å²) >= 11 is 0. The molecule has 138 valence electrons. The van der Waals surface area contributed by atoms with Crippen LogP contribution in [0.3, 0.4) is 0 Å². The number of aliphatic hydroxyl groups excluding tert-OH is 1. The zero-order valence-corrected chi connectivity index (χ0v) is 15.3.